The van der Waals surface area contributed by atoms with Gasteiger partial charge in [-0.3, -0.25) is 18.7 Å². The maximum absolute atomic E-state index is 12.8. The minimum atomic E-state index is -5.09. The molecule has 2 rings (SSSR count). The van der Waals surface area contributed by atoms with Gasteiger partial charge in [-0.2, -0.15) is 4.98 Å². The number of carbonyl (C=O) groups excluding carboxylic acids is 2. The van der Waals surface area contributed by atoms with Gasteiger partial charge in [-0.25, -0.2) is 4.79 Å². The highest BCUT2D eigenvalue weighted by molar-refractivity contribution is 7.45. The Labute approximate surface area is 359 Å². The van der Waals surface area contributed by atoms with Crippen LogP contribution in [0.25, 0.3) is 0 Å². The predicted molar refractivity (Wildman–Crippen MR) is 230 cm³/mol. The fraction of sp³-hybridized carbons (Fsp3) is 0.864. The van der Waals surface area contributed by atoms with Gasteiger partial charge in [0.15, 0.2) is 12.3 Å². The number of anilines is 1. The average molecular weight is 873 g/mol. The molecule has 1 aromatic heterocycles. The molecule has 1 unspecified atom stereocenters. The third kappa shape index (κ3) is 24.9. The van der Waals surface area contributed by atoms with E-state index in [1.54, 1.807) is 0 Å². The van der Waals surface area contributed by atoms with E-state index in [2.05, 4.69) is 18.8 Å². The third-order valence-electron chi connectivity index (χ3n) is 11.0. The number of ether oxygens (including phenoxy) is 3. The van der Waals surface area contributed by atoms with Crippen LogP contribution in [0.2, 0.25) is 0 Å². The van der Waals surface area contributed by atoms with Crippen molar-refractivity contribution in [2.75, 3.05) is 25.6 Å². The summed E-state index contributed by atoms with van der Waals surface area (Å²) in [4.78, 5) is 53.9. The molecule has 348 valence electrons. The number of carbonyl (C=O) groups is 2. The van der Waals surface area contributed by atoms with Crippen molar-refractivity contribution in [3.63, 3.8) is 0 Å². The maximum Gasteiger partial charge on any atom is 0.351 e. The summed E-state index contributed by atoms with van der Waals surface area (Å²) in [6, 6.07) is 1.30. The Morgan fingerprint density at radius 2 is 1.18 bits per heavy atom. The first-order chi connectivity index (χ1) is 29.0. The zero-order valence-electron chi connectivity index (χ0n) is 36.9. The Kier molecular flexibility index (Phi) is 29.7. The molecule has 0 aliphatic carbocycles. The molecule has 4 N–H and O–H groups in total. The molecule has 1 aliphatic heterocycles. The number of aromatic nitrogens is 2. The fourth-order valence-electron chi connectivity index (χ4n) is 7.29. The van der Waals surface area contributed by atoms with Gasteiger partial charge in [0.05, 0.1) is 13.2 Å². The lowest BCUT2D eigenvalue weighted by Crippen LogP contribution is -2.36. The molecular formula is C44H79N3O12P-. The quantitative estimate of drug-likeness (QED) is 0.0323. The number of aliphatic hydroxyl groups is 2. The largest absolute Gasteiger partial charge is 0.756 e. The molecule has 1 aromatic rings. The smallest absolute Gasteiger partial charge is 0.351 e. The Morgan fingerprint density at radius 3 is 1.65 bits per heavy atom. The Hall–Kier alpha value is -2.39. The number of nitrogens with zero attached hydrogens (tertiary/aromatic N) is 2. The normalized spacial score (nSPS) is 19.3. The minimum absolute atomic E-state index is 0.0539. The van der Waals surface area contributed by atoms with Gasteiger partial charge >= 0.3 is 17.6 Å². The molecule has 0 aromatic carbocycles. The summed E-state index contributed by atoms with van der Waals surface area (Å²) in [6.45, 7) is 2.62. The van der Waals surface area contributed by atoms with Gasteiger partial charge in [-0.15, -0.1) is 0 Å². The van der Waals surface area contributed by atoms with E-state index >= 15 is 0 Å². The van der Waals surface area contributed by atoms with Crippen LogP contribution in [0.5, 0.6) is 0 Å². The van der Waals surface area contributed by atoms with Crippen molar-refractivity contribution >= 4 is 25.6 Å². The molecule has 16 heteroatoms. The van der Waals surface area contributed by atoms with Crippen LogP contribution in [0.15, 0.2) is 17.1 Å². The van der Waals surface area contributed by atoms with E-state index in [-0.39, 0.29) is 18.7 Å². The van der Waals surface area contributed by atoms with E-state index in [0.29, 0.717) is 12.8 Å². The molecule has 2 heterocycles. The van der Waals surface area contributed by atoms with Crippen LogP contribution in [-0.4, -0.2) is 75.9 Å². The van der Waals surface area contributed by atoms with E-state index < -0.39 is 75.9 Å². The highest BCUT2D eigenvalue weighted by Gasteiger charge is 2.44. The number of unbranched alkanes of at least 4 members (excludes halogenated alkanes) is 24. The van der Waals surface area contributed by atoms with Crippen LogP contribution in [0.3, 0.4) is 0 Å². The molecule has 1 aliphatic rings. The summed E-state index contributed by atoms with van der Waals surface area (Å²) >= 11 is 0. The van der Waals surface area contributed by atoms with Crippen LogP contribution in [-0.2, 0) is 37.4 Å². The molecule has 15 nitrogen and oxygen atoms in total. The predicted octanol–water partition coefficient (Wildman–Crippen LogP) is 8.36. The van der Waals surface area contributed by atoms with Gasteiger partial charge in [0.2, 0.25) is 0 Å². The minimum Gasteiger partial charge on any atom is -0.756 e. The van der Waals surface area contributed by atoms with E-state index in [4.69, 9.17) is 29.0 Å². The first-order valence-electron chi connectivity index (χ1n) is 23.3. The SMILES string of the molecule is CCCCCCCCCCCCCCCC(=O)OC[C@@H](COP(=O)([O-])OC[C@H]1O[C@@H](n2ccc(N)nc2=O)[C@H](O)[C@@H]1O)OC(=O)CCCCCCCCCCCCCCC. The zero-order chi connectivity index (χ0) is 43.9. The molecule has 0 spiro atoms. The van der Waals surface area contributed by atoms with Crippen molar-refractivity contribution in [3.8, 4) is 0 Å². The third-order valence-corrected chi connectivity index (χ3v) is 11.9. The molecule has 0 amide bonds. The summed E-state index contributed by atoms with van der Waals surface area (Å²) < 4.78 is 40.1. The Balaban J connectivity index is 1.77. The molecule has 0 bridgehead atoms. The van der Waals surface area contributed by atoms with Crippen molar-refractivity contribution in [1.82, 2.24) is 9.55 Å². The topological polar surface area (TPSA) is 222 Å². The number of hydrogen-bond donors (Lipinski definition) is 3. The van der Waals surface area contributed by atoms with Crippen LogP contribution in [0, 0.1) is 0 Å². The van der Waals surface area contributed by atoms with Gasteiger partial charge in [0.25, 0.3) is 7.82 Å². The average Bonchev–Trinajstić information content (AvgIpc) is 3.50. The standard InChI is InChI=1S/C44H80N3O12P/c1-3-5-7-9-11-13-15-17-19-21-23-25-27-29-39(48)55-33-36(58-40(49)30-28-26-24-22-20-18-16-14-12-10-8-6-4-2)34-56-60(53,54)57-35-37-41(50)42(51)43(59-37)47-32-31-38(45)46-44(47)52/h31-32,36-37,41-43,50-51H,3-30,33-35H2,1-2H3,(H,53,54)(H2,45,46,52)/p-1/t36-,37+,41+,42+,43+/m0/s1. The van der Waals surface area contributed by atoms with Gasteiger partial charge < -0.3 is 44.1 Å². The highest BCUT2D eigenvalue weighted by Crippen LogP contribution is 2.40. The highest BCUT2D eigenvalue weighted by atomic mass is 31.2. The number of esters is 2. The first kappa shape index (κ1) is 53.7. The van der Waals surface area contributed by atoms with E-state index in [0.717, 1.165) is 43.1 Å². The van der Waals surface area contributed by atoms with E-state index in [1.807, 2.05) is 0 Å². The number of nitrogen functional groups attached to an aromatic ring is 1. The second-order valence-electron chi connectivity index (χ2n) is 16.4. The molecule has 1 fully saturated rings. The summed E-state index contributed by atoms with van der Waals surface area (Å²) in [5.41, 5.74) is 4.67. The number of nitrogens with two attached hydrogens (primary N) is 1. The molecule has 6 atom stereocenters. The molecule has 60 heavy (non-hydrogen) atoms. The van der Waals surface area contributed by atoms with Crippen molar-refractivity contribution in [2.45, 2.75) is 224 Å². The first-order valence-corrected chi connectivity index (χ1v) is 24.7. The molecule has 0 saturated carbocycles. The summed E-state index contributed by atoms with van der Waals surface area (Å²) in [5, 5.41) is 21.0. The number of aliphatic hydroxyl groups excluding tert-OH is 2. The van der Waals surface area contributed by atoms with Gasteiger partial charge in [0.1, 0.15) is 30.7 Å². The Morgan fingerprint density at radius 1 is 0.733 bits per heavy atom. The lowest BCUT2D eigenvalue weighted by atomic mass is 10.0. The summed E-state index contributed by atoms with van der Waals surface area (Å²) in [7, 11) is -5.09. The van der Waals surface area contributed by atoms with Crippen LogP contribution in [0.4, 0.5) is 5.82 Å². The van der Waals surface area contributed by atoms with Crippen molar-refractivity contribution in [2.24, 2.45) is 0 Å². The number of hydrogen-bond acceptors (Lipinski definition) is 14. The number of rotatable bonds is 38. The summed E-state index contributed by atoms with van der Waals surface area (Å²) in [6.07, 6.45) is 24.8. The molecule has 0 radical (unpaired) electrons. The summed E-state index contributed by atoms with van der Waals surface area (Å²) in [5.74, 6) is -1.09. The second-order valence-corrected chi connectivity index (χ2v) is 17.8. The zero-order valence-corrected chi connectivity index (χ0v) is 37.8. The Bertz CT molecular complexity index is 1380. The number of phosphoric ester groups is 1. The van der Waals surface area contributed by atoms with Gasteiger partial charge in [-0.1, -0.05) is 168 Å². The maximum atomic E-state index is 12.8. The van der Waals surface area contributed by atoms with Gasteiger partial charge in [-0.05, 0) is 18.9 Å². The second kappa shape index (κ2) is 33.2. The van der Waals surface area contributed by atoms with Crippen LogP contribution >= 0.6 is 7.82 Å². The van der Waals surface area contributed by atoms with Crippen molar-refractivity contribution < 1.29 is 52.5 Å². The fourth-order valence-corrected chi connectivity index (χ4v) is 8.04. The van der Waals surface area contributed by atoms with Gasteiger partial charge in [0, 0.05) is 19.0 Å². The lowest BCUT2D eigenvalue weighted by Gasteiger charge is -2.27. The van der Waals surface area contributed by atoms with E-state index in [9.17, 15) is 34.1 Å². The lowest BCUT2D eigenvalue weighted by molar-refractivity contribution is -0.231. The molecule has 1 saturated heterocycles. The van der Waals surface area contributed by atoms with Crippen LogP contribution < -0.4 is 16.3 Å². The number of phosphoric acid groups is 1. The molecular weight excluding hydrogens is 793 g/mol. The van der Waals surface area contributed by atoms with Crippen LogP contribution in [0.1, 0.15) is 200 Å². The monoisotopic (exact) mass is 873 g/mol. The van der Waals surface area contributed by atoms with Crippen molar-refractivity contribution in [1.29, 1.82) is 0 Å². The van der Waals surface area contributed by atoms with E-state index in [1.165, 1.54) is 128 Å². The van der Waals surface area contributed by atoms with Crippen molar-refractivity contribution in [3.05, 3.63) is 22.7 Å².